The van der Waals surface area contributed by atoms with Crippen molar-refractivity contribution >= 4 is 17.3 Å². The number of aromatic nitrogens is 1. The van der Waals surface area contributed by atoms with Gasteiger partial charge in [-0.3, -0.25) is 4.98 Å². The Bertz CT molecular complexity index is 1050. The van der Waals surface area contributed by atoms with E-state index in [-0.39, 0.29) is 6.04 Å². The number of hydrazone groups is 1. The Morgan fingerprint density at radius 3 is 2.71 bits per heavy atom. The molecule has 0 saturated heterocycles. The molecule has 0 spiro atoms. The normalized spacial score (nSPS) is 20.1. The molecule has 28 heavy (non-hydrogen) atoms. The molecule has 0 unspecified atom stereocenters. The van der Waals surface area contributed by atoms with E-state index in [0.29, 0.717) is 10.8 Å². The van der Waals surface area contributed by atoms with Crippen LogP contribution in [0.1, 0.15) is 35.4 Å². The summed E-state index contributed by atoms with van der Waals surface area (Å²) in [6, 6.07) is 17.7. The molecule has 0 bridgehead atoms. The van der Waals surface area contributed by atoms with Gasteiger partial charge in [0.2, 0.25) is 6.23 Å². The molecule has 0 N–H and O–H groups in total. The van der Waals surface area contributed by atoms with Crippen molar-refractivity contribution in [2.24, 2.45) is 5.10 Å². The molecule has 6 heteroatoms. The second-order valence-electron chi connectivity index (χ2n) is 6.76. The summed E-state index contributed by atoms with van der Waals surface area (Å²) >= 11 is 6.51. The van der Waals surface area contributed by atoms with E-state index >= 15 is 0 Å². The summed E-state index contributed by atoms with van der Waals surface area (Å²) < 4.78 is 12.0. The van der Waals surface area contributed by atoms with Crippen LogP contribution in [0.4, 0.5) is 0 Å². The number of fused-ring (bicyclic) bond motifs is 3. The maximum Gasteiger partial charge on any atom is 0.215 e. The molecular formula is C22H18ClN3O2. The van der Waals surface area contributed by atoms with E-state index in [0.717, 1.165) is 34.6 Å². The van der Waals surface area contributed by atoms with Gasteiger partial charge in [-0.25, -0.2) is 5.01 Å². The molecule has 0 radical (unpaired) electrons. The molecule has 0 aliphatic carbocycles. The average molecular weight is 392 g/mol. The van der Waals surface area contributed by atoms with Gasteiger partial charge in [-0.2, -0.15) is 5.10 Å². The molecule has 2 atom stereocenters. The number of benzene rings is 2. The van der Waals surface area contributed by atoms with Crippen LogP contribution in [0, 0.1) is 0 Å². The number of halogens is 1. The number of hydrogen-bond acceptors (Lipinski definition) is 5. The van der Waals surface area contributed by atoms with Crippen LogP contribution in [-0.2, 0) is 0 Å². The Morgan fingerprint density at radius 2 is 1.93 bits per heavy atom. The number of hydrogen-bond donors (Lipinski definition) is 0. The van der Waals surface area contributed by atoms with Gasteiger partial charge < -0.3 is 9.47 Å². The molecule has 2 aliphatic rings. The molecule has 3 aromatic rings. The van der Waals surface area contributed by atoms with Crippen molar-refractivity contribution in [2.45, 2.75) is 18.7 Å². The Morgan fingerprint density at radius 1 is 1.07 bits per heavy atom. The summed E-state index contributed by atoms with van der Waals surface area (Å²) in [5.41, 5.74) is 3.93. The summed E-state index contributed by atoms with van der Waals surface area (Å²) in [7, 11) is 1.65. The van der Waals surface area contributed by atoms with Crippen molar-refractivity contribution in [1.29, 1.82) is 0 Å². The smallest absolute Gasteiger partial charge is 0.215 e. The first-order valence-corrected chi connectivity index (χ1v) is 9.48. The largest absolute Gasteiger partial charge is 0.493 e. The van der Waals surface area contributed by atoms with Crippen LogP contribution < -0.4 is 9.47 Å². The Hall–Kier alpha value is -3.05. The van der Waals surface area contributed by atoms with Crippen molar-refractivity contribution in [3.63, 3.8) is 0 Å². The lowest BCUT2D eigenvalue weighted by Crippen LogP contribution is -2.34. The Kier molecular flexibility index (Phi) is 4.17. The van der Waals surface area contributed by atoms with Crippen molar-refractivity contribution in [3.05, 3.63) is 88.7 Å². The van der Waals surface area contributed by atoms with Crippen LogP contribution in [0.2, 0.25) is 5.02 Å². The number of para-hydroxylation sites is 1. The standard InChI is InChI=1S/C22H18ClN3O2/c1-27-20-10-4-8-16-19-12-18(14-6-5-11-24-13-14)25-26(19)22(28-21(16)20)15-7-2-3-9-17(15)23/h2-11,13,19,22H,12H2,1H3/t19-,22+/m0/s1. The fourth-order valence-corrected chi connectivity index (χ4v) is 4.06. The number of methoxy groups -OCH3 is 1. The van der Waals surface area contributed by atoms with E-state index in [1.54, 1.807) is 13.3 Å². The Balaban J connectivity index is 1.65. The molecule has 0 saturated carbocycles. The number of ether oxygens (including phenoxy) is 2. The molecule has 5 nitrogen and oxygen atoms in total. The summed E-state index contributed by atoms with van der Waals surface area (Å²) in [4.78, 5) is 4.24. The predicted octanol–water partition coefficient (Wildman–Crippen LogP) is 4.99. The molecule has 140 valence electrons. The lowest BCUT2D eigenvalue weighted by Gasteiger charge is -2.38. The van der Waals surface area contributed by atoms with Gasteiger partial charge in [-0.15, -0.1) is 0 Å². The van der Waals surface area contributed by atoms with Crippen LogP contribution in [0.15, 0.2) is 72.1 Å². The van der Waals surface area contributed by atoms with Gasteiger partial charge in [0.1, 0.15) is 0 Å². The molecule has 2 aromatic carbocycles. The van der Waals surface area contributed by atoms with E-state index in [9.17, 15) is 0 Å². The van der Waals surface area contributed by atoms with Crippen molar-refractivity contribution in [2.75, 3.05) is 7.11 Å². The fourth-order valence-electron chi connectivity index (χ4n) is 3.83. The molecule has 3 heterocycles. The van der Waals surface area contributed by atoms with Crippen LogP contribution in [0.5, 0.6) is 11.5 Å². The van der Waals surface area contributed by atoms with Gasteiger partial charge in [-0.1, -0.05) is 48.0 Å². The van der Waals surface area contributed by atoms with Crippen LogP contribution >= 0.6 is 11.6 Å². The highest BCUT2D eigenvalue weighted by Crippen LogP contribution is 2.51. The lowest BCUT2D eigenvalue weighted by atomic mass is 9.96. The van der Waals surface area contributed by atoms with Gasteiger partial charge in [0.15, 0.2) is 11.5 Å². The Labute approximate surface area is 168 Å². The molecule has 1 aromatic heterocycles. The number of nitrogens with zero attached hydrogens (tertiary/aromatic N) is 3. The lowest BCUT2D eigenvalue weighted by molar-refractivity contribution is -0.0208. The first kappa shape index (κ1) is 17.1. The third-order valence-corrected chi connectivity index (χ3v) is 5.51. The minimum Gasteiger partial charge on any atom is -0.493 e. The van der Waals surface area contributed by atoms with Gasteiger partial charge in [0.25, 0.3) is 0 Å². The second kappa shape index (κ2) is 6.84. The van der Waals surface area contributed by atoms with E-state index in [4.69, 9.17) is 26.2 Å². The van der Waals surface area contributed by atoms with Gasteiger partial charge in [-0.05, 0) is 18.2 Å². The van der Waals surface area contributed by atoms with Crippen LogP contribution in [-0.4, -0.2) is 22.8 Å². The first-order valence-electron chi connectivity index (χ1n) is 9.10. The van der Waals surface area contributed by atoms with Gasteiger partial charge in [0, 0.05) is 40.5 Å². The highest BCUT2D eigenvalue weighted by atomic mass is 35.5. The highest BCUT2D eigenvalue weighted by Gasteiger charge is 2.42. The summed E-state index contributed by atoms with van der Waals surface area (Å²) in [6.45, 7) is 0. The van der Waals surface area contributed by atoms with E-state index in [1.807, 2.05) is 59.7 Å². The number of rotatable bonds is 3. The third-order valence-electron chi connectivity index (χ3n) is 5.17. The highest BCUT2D eigenvalue weighted by molar-refractivity contribution is 6.31. The maximum absolute atomic E-state index is 6.51. The SMILES string of the molecule is COc1cccc2c1O[C@H](c1ccccc1Cl)N1N=C(c3cccnc3)C[C@@H]21. The van der Waals surface area contributed by atoms with Crippen molar-refractivity contribution < 1.29 is 9.47 Å². The van der Waals surface area contributed by atoms with Gasteiger partial charge in [0.05, 0.1) is 18.9 Å². The van der Waals surface area contributed by atoms with Gasteiger partial charge >= 0.3 is 0 Å². The molecule has 0 amide bonds. The summed E-state index contributed by atoms with van der Waals surface area (Å²) in [5, 5.41) is 7.57. The second-order valence-corrected chi connectivity index (χ2v) is 7.17. The van der Waals surface area contributed by atoms with E-state index in [2.05, 4.69) is 11.1 Å². The van der Waals surface area contributed by atoms with Crippen LogP contribution in [0.25, 0.3) is 0 Å². The third kappa shape index (κ3) is 2.70. The van der Waals surface area contributed by atoms with E-state index in [1.165, 1.54) is 0 Å². The van der Waals surface area contributed by atoms with E-state index < -0.39 is 6.23 Å². The van der Waals surface area contributed by atoms with Crippen molar-refractivity contribution in [3.8, 4) is 11.5 Å². The fraction of sp³-hybridized carbons (Fsp3) is 0.182. The minimum atomic E-state index is -0.434. The topological polar surface area (TPSA) is 47.0 Å². The monoisotopic (exact) mass is 391 g/mol. The zero-order valence-corrected chi connectivity index (χ0v) is 16.0. The zero-order chi connectivity index (χ0) is 19.1. The maximum atomic E-state index is 6.51. The van der Waals surface area contributed by atoms with Crippen LogP contribution in [0.3, 0.4) is 0 Å². The quantitative estimate of drug-likeness (QED) is 0.631. The first-order chi connectivity index (χ1) is 13.8. The van der Waals surface area contributed by atoms with Crippen molar-refractivity contribution in [1.82, 2.24) is 9.99 Å². The number of pyridine rings is 1. The average Bonchev–Trinajstić information content (AvgIpc) is 3.20. The molecular weight excluding hydrogens is 374 g/mol. The molecule has 5 rings (SSSR count). The minimum absolute atomic E-state index is 0.0373. The predicted molar refractivity (Wildman–Crippen MR) is 108 cm³/mol. The molecule has 0 fully saturated rings. The summed E-state index contributed by atoms with van der Waals surface area (Å²) in [6.07, 6.45) is 3.93. The molecule has 2 aliphatic heterocycles. The zero-order valence-electron chi connectivity index (χ0n) is 15.2. The summed E-state index contributed by atoms with van der Waals surface area (Å²) in [5.74, 6) is 1.46.